The summed E-state index contributed by atoms with van der Waals surface area (Å²) < 4.78 is 5.54. The molecule has 8 heteroatoms. The van der Waals surface area contributed by atoms with Crippen LogP contribution in [-0.2, 0) is 11.2 Å². The summed E-state index contributed by atoms with van der Waals surface area (Å²) in [6, 6.07) is 14.4. The molecule has 2 aromatic carbocycles. The van der Waals surface area contributed by atoms with Gasteiger partial charge in [-0.1, -0.05) is 36.4 Å². The summed E-state index contributed by atoms with van der Waals surface area (Å²) in [4.78, 5) is 4.43. The number of hydrogen-bond donors (Lipinski definition) is 5. The van der Waals surface area contributed by atoms with Gasteiger partial charge in [-0.25, -0.2) is 4.98 Å². The Labute approximate surface area is 166 Å². The van der Waals surface area contributed by atoms with E-state index in [0.29, 0.717) is 5.82 Å². The number of aromatic nitrogens is 3. The van der Waals surface area contributed by atoms with Crippen molar-refractivity contribution < 1.29 is 25.2 Å². The molecule has 1 aromatic heterocycles. The molecular formula is C21H21N3O5. The van der Waals surface area contributed by atoms with Gasteiger partial charge in [-0.3, -0.25) is 5.10 Å². The molecule has 0 spiro atoms. The summed E-state index contributed by atoms with van der Waals surface area (Å²) in [5.74, 6) is 0.663. The molecule has 5 rings (SSSR count). The van der Waals surface area contributed by atoms with Crippen LogP contribution in [0.4, 0.5) is 0 Å². The van der Waals surface area contributed by atoms with Crippen LogP contribution >= 0.6 is 0 Å². The summed E-state index contributed by atoms with van der Waals surface area (Å²) in [5, 5.41) is 46.5. The van der Waals surface area contributed by atoms with Crippen LogP contribution in [0.15, 0.2) is 42.5 Å². The van der Waals surface area contributed by atoms with Crippen LogP contribution in [-0.4, -0.2) is 66.6 Å². The van der Waals surface area contributed by atoms with Crippen molar-refractivity contribution in [3.63, 3.8) is 0 Å². The highest BCUT2D eigenvalue weighted by atomic mass is 16.5. The van der Waals surface area contributed by atoms with Crippen molar-refractivity contribution in [1.82, 2.24) is 15.2 Å². The predicted molar refractivity (Wildman–Crippen MR) is 103 cm³/mol. The van der Waals surface area contributed by atoms with E-state index in [9.17, 15) is 20.4 Å². The van der Waals surface area contributed by atoms with Gasteiger partial charge in [0.2, 0.25) is 0 Å². The third-order valence-corrected chi connectivity index (χ3v) is 5.72. The third kappa shape index (κ3) is 2.97. The second kappa shape index (κ2) is 7.01. The monoisotopic (exact) mass is 395 g/mol. The summed E-state index contributed by atoms with van der Waals surface area (Å²) in [7, 11) is 0. The van der Waals surface area contributed by atoms with E-state index in [2.05, 4.69) is 39.4 Å². The molecule has 0 radical (unpaired) electrons. The summed E-state index contributed by atoms with van der Waals surface area (Å²) in [5.41, 5.74) is 5.75. The molecule has 0 saturated carbocycles. The molecule has 29 heavy (non-hydrogen) atoms. The van der Waals surface area contributed by atoms with E-state index in [1.807, 2.05) is 18.2 Å². The Kier molecular flexibility index (Phi) is 4.45. The van der Waals surface area contributed by atoms with Crippen LogP contribution < -0.4 is 0 Å². The van der Waals surface area contributed by atoms with E-state index >= 15 is 0 Å². The summed E-state index contributed by atoms with van der Waals surface area (Å²) in [6.45, 7) is -0.492. The topological polar surface area (TPSA) is 132 Å². The number of benzene rings is 2. The minimum absolute atomic E-state index is 0.223. The molecule has 1 aliphatic heterocycles. The standard InChI is InChI=1S/C21H21N3O5/c25-9-15-16(26)17(27)18(28)19(29-15)21-22-20(23-24-21)11-5-6-14-12(8-11)7-10-3-1-2-4-13(10)14/h1-6,8,15-19,25-28H,7,9H2,(H,22,23,24)/t15-,16-,17+,18-,19-/m1/s1. The van der Waals surface area contributed by atoms with Crippen molar-refractivity contribution in [2.75, 3.05) is 6.61 Å². The maximum Gasteiger partial charge on any atom is 0.181 e. The van der Waals surface area contributed by atoms with Gasteiger partial charge in [-0.15, -0.1) is 0 Å². The lowest BCUT2D eigenvalue weighted by Crippen LogP contribution is -2.55. The van der Waals surface area contributed by atoms with Gasteiger partial charge in [-0.2, -0.15) is 5.10 Å². The average Bonchev–Trinajstić information content (AvgIpc) is 3.36. The lowest BCUT2D eigenvalue weighted by Gasteiger charge is -2.38. The fourth-order valence-electron chi connectivity index (χ4n) is 4.14. The highest BCUT2D eigenvalue weighted by molar-refractivity contribution is 5.79. The molecule has 8 nitrogen and oxygen atoms in total. The molecule has 2 heterocycles. The summed E-state index contributed by atoms with van der Waals surface area (Å²) in [6.07, 6.45) is -5.45. The number of ether oxygens (including phenoxy) is 1. The van der Waals surface area contributed by atoms with Crippen LogP contribution in [0.2, 0.25) is 0 Å². The van der Waals surface area contributed by atoms with E-state index in [1.165, 1.54) is 22.3 Å². The van der Waals surface area contributed by atoms with Crippen LogP contribution in [0.3, 0.4) is 0 Å². The third-order valence-electron chi connectivity index (χ3n) is 5.72. The van der Waals surface area contributed by atoms with Crippen molar-refractivity contribution in [2.45, 2.75) is 36.9 Å². The number of aliphatic hydroxyl groups excluding tert-OH is 4. The minimum atomic E-state index is -1.46. The lowest BCUT2D eigenvalue weighted by atomic mass is 9.95. The average molecular weight is 395 g/mol. The maximum atomic E-state index is 10.3. The van der Waals surface area contributed by atoms with E-state index in [1.54, 1.807) is 0 Å². The number of nitrogens with one attached hydrogen (secondary N) is 1. The van der Waals surface area contributed by atoms with Crippen LogP contribution in [0.25, 0.3) is 22.5 Å². The first-order chi connectivity index (χ1) is 14.1. The molecule has 5 atom stereocenters. The number of nitrogens with zero attached hydrogens (tertiary/aromatic N) is 2. The molecule has 0 bridgehead atoms. The fraction of sp³-hybridized carbons (Fsp3) is 0.333. The number of fused-ring (bicyclic) bond motifs is 3. The quantitative estimate of drug-likeness (QED) is 0.342. The number of rotatable bonds is 3. The van der Waals surface area contributed by atoms with Gasteiger partial charge in [0.15, 0.2) is 11.6 Å². The van der Waals surface area contributed by atoms with Gasteiger partial charge in [0.05, 0.1) is 6.61 Å². The second-order valence-corrected chi connectivity index (χ2v) is 7.50. The van der Waals surface area contributed by atoms with E-state index < -0.39 is 37.1 Å². The first-order valence-electron chi connectivity index (χ1n) is 9.51. The van der Waals surface area contributed by atoms with Gasteiger partial charge in [0.25, 0.3) is 0 Å². The molecule has 0 amide bonds. The van der Waals surface area contributed by atoms with Gasteiger partial charge in [0, 0.05) is 5.56 Å². The van der Waals surface area contributed by atoms with E-state index in [4.69, 9.17) is 4.74 Å². The summed E-state index contributed by atoms with van der Waals surface area (Å²) >= 11 is 0. The van der Waals surface area contributed by atoms with Crippen molar-refractivity contribution in [2.24, 2.45) is 0 Å². The molecule has 150 valence electrons. The molecule has 1 fully saturated rings. The molecule has 2 aliphatic rings. The van der Waals surface area contributed by atoms with Gasteiger partial charge in [-0.05, 0) is 34.7 Å². The van der Waals surface area contributed by atoms with Crippen molar-refractivity contribution >= 4 is 0 Å². The Bertz CT molecular complexity index is 1050. The Balaban J connectivity index is 1.43. The second-order valence-electron chi connectivity index (χ2n) is 7.50. The highest BCUT2D eigenvalue weighted by Crippen LogP contribution is 2.38. The Hall–Kier alpha value is -2.62. The van der Waals surface area contributed by atoms with Gasteiger partial charge in [0.1, 0.15) is 30.5 Å². The van der Waals surface area contributed by atoms with Crippen LogP contribution in [0.5, 0.6) is 0 Å². The highest BCUT2D eigenvalue weighted by Gasteiger charge is 2.45. The lowest BCUT2D eigenvalue weighted by molar-refractivity contribution is -0.233. The zero-order chi connectivity index (χ0) is 20.1. The maximum absolute atomic E-state index is 10.3. The van der Waals surface area contributed by atoms with Gasteiger partial charge >= 0.3 is 0 Å². The smallest absolute Gasteiger partial charge is 0.181 e. The van der Waals surface area contributed by atoms with Crippen molar-refractivity contribution in [3.05, 3.63) is 59.4 Å². The molecule has 3 aromatic rings. The van der Waals surface area contributed by atoms with E-state index in [-0.39, 0.29) is 5.82 Å². The molecular weight excluding hydrogens is 374 g/mol. The zero-order valence-corrected chi connectivity index (χ0v) is 15.4. The largest absolute Gasteiger partial charge is 0.394 e. The molecule has 1 saturated heterocycles. The van der Waals surface area contributed by atoms with Gasteiger partial charge < -0.3 is 25.2 Å². The number of aliphatic hydroxyl groups is 4. The first-order valence-corrected chi connectivity index (χ1v) is 9.51. The zero-order valence-electron chi connectivity index (χ0n) is 15.4. The number of aromatic amines is 1. The molecule has 1 aliphatic carbocycles. The predicted octanol–water partition coefficient (Wildman–Crippen LogP) is 0.558. The molecule has 0 unspecified atom stereocenters. The Morgan fingerprint density at radius 1 is 0.966 bits per heavy atom. The van der Waals surface area contributed by atoms with Crippen molar-refractivity contribution in [1.29, 1.82) is 0 Å². The number of H-pyrrole nitrogens is 1. The SMILES string of the molecule is OC[C@H]1O[C@@H](c2nc(-c3ccc4c(c3)Cc3ccccc3-4)n[nH]2)[C@H](O)[C@@H](O)[C@@H]1O. The minimum Gasteiger partial charge on any atom is -0.394 e. The fourth-order valence-corrected chi connectivity index (χ4v) is 4.14. The Morgan fingerprint density at radius 3 is 2.59 bits per heavy atom. The normalized spacial score (nSPS) is 28.2. The van der Waals surface area contributed by atoms with Crippen LogP contribution in [0, 0.1) is 0 Å². The van der Waals surface area contributed by atoms with E-state index in [0.717, 1.165) is 12.0 Å². The Morgan fingerprint density at radius 2 is 1.76 bits per heavy atom. The number of hydrogen-bond acceptors (Lipinski definition) is 7. The molecule has 5 N–H and O–H groups in total. The first kappa shape index (κ1) is 18.4. The van der Waals surface area contributed by atoms with Crippen LogP contribution in [0.1, 0.15) is 23.1 Å². The van der Waals surface area contributed by atoms with Crippen molar-refractivity contribution in [3.8, 4) is 22.5 Å².